The van der Waals surface area contributed by atoms with Crippen LogP contribution in [0.2, 0.25) is 0 Å². The highest BCUT2D eigenvalue weighted by atomic mass is 32.2. The third-order valence-electron chi connectivity index (χ3n) is 2.77. The summed E-state index contributed by atoms with van der Waals surface area (Å²) < 4.78 is 24.8. The maximum Gasteiger partial charge on any atom is 0.264 e. The van der Waals surface area contributed by atoms with Gasteiger partial charge < -0.3 is 4.98 Å². The molecular weight excluding hydrogens is 266 g/mol. The highest BCUT2D eigenvalue weighted by Gasteiger charge is 2.23. The van der Waals surface area contributed by atoms with E-state index in [0.29, 0.717) is 5.39 Å². The normalized spacial score (nSPS) is 11.8. The fourth-order valence-corrected chi connectivity index (χ4v) is 3.18. The summed E-state index contributed by atoms with van der Waals surface area (Å²) in [7, 11) is -3.75. The lowest BCUT2D eigenvalue weighted by Crippen LogP contribution is -2.11. The van der Waals surface area contributed by atoms with Crippen LogP contribution >= 0.6 is 0 Å². The van der Waals surface area contributed by atoms with Crippen molar-refractivity contribution >= 4 is 20.7 Å². The molecule has 0 amide bonds. The summed E-state index contributed by atoms with van der Waals surface area (Å²) in [5.74, 6) is 0. The number of para-hydroxylation sites is 1. The first kappa shape index (κ1) is 11.7. The number of aromatic amines is 2. The van der Waals surface area contributed by atoms with Crippen LogP contribution in [0, 0.1) is 0 Å². The minimum absolute atomic E-state index is 0.141. The Morgan fingerprint density at radius 3 is 2.58 bits per heavy atom. The molecule has 2 N–H and O–H groups in total. The van der Waals surface area contributed by atoms with Crippen molar-refractivity contribution < 1.29 is 8.42 Å². The number of H-pyrrole nitrogens is 2. The van der Waals surface area contributed by atoms with E-state index >= 15 is 0 Å². The monoisotopic (exact) mass is 275 g/mol. The Morgan fingerprint density at radius 1 is 1.05 bits per heavy atom. The summed E-state index contributed by atoms with van der Waals surface area (Å²) in [5.41, 5.74) is 0.281. The molecule has 0 atom stereocenters. The Hall–Kier alpha value is -2.41. The first-order valence-electron chi connectivity index (χ1n) is 5.46. The van der Waals surface area contributed by atoms with Gasteiger partial charge in [0, 0.05) is 23.2 Å². The van der Waals surface area contributed by atoms with E-state index in [1.807, 2.05) is 6.07 Å². The molecule has 3 rings (SSSR count). The zero-order valence-corrected chi connectivity index (χ0v) is 10.4. The standard InChI is InChI=1S/C12H9N3O3S/c16-11-5-6-12(15-14-11)19(17,18)10-7-13-9-4-2-1-3-8(9)10/h1-7,13H,(H,14,16). The molecular formula is C12H9N3O3S. The lowest BCUT2D eigenvalue weighted by atomic mass is 10.2. The molecule has 0 aliphatic rings. The molecule has 3 aromatic rings. The lowest BCUT2D eigenvalue weighted by molar-refractivity contribution is 0.590. The highest BCUT2D eigenvalue weighted by Crippen LogP contribution is 2.26. The first-order valence-corrected chi connectivity index (χ1v) is 6.94. The van der Waals surface area contributed by atoms with E-state index in [1.165, 1.54) is 12.3 Å². The van der Waals surface area contributed by atoms with Crippen LogP contribution in [0.5, 0.6) is 0 Å². The van der Waals surface area contributed by atoms with E-state index in [0.717, 1.165) is 11.6 Å². The minimum atomic E-state index is -3.75. The van der Waals surface area contributed by atoms with Crippen molar-refractivity contribution in [1.82, 2.24) is 15.2 Å². The van der Waals surface area contributed by atoms with Gasteiger partial charge in [-0.15, -0.1) is 0 Å². The van der Waals surface area contributed by atoms with Crippen molar-refractivity contribution in [3.8, 4) is 0 Å². The Morgan fingerprint density at radius 2 is 1.84 bits per heavy atom. The highest BCUT2D eigenvalue weighted by molar-refractivity contribution is 7.91. The Balaban J connectivity index is 2.25. The number of nitrogens with one attached hydrogen (secondary N) is 2. The second kappa shape index (κ2) is 4.06. The van der Waals surface area contributed by atoms with Crippen molar-refractivity contribution in [2.45, 2.75) is 9.92 Å². The van der Waals surface area contributed by atoms with E-state index in [-0.39, 0.29) is 9.92 Å². The fraction of sp³-hybridized carbons (Fsp3) is 0. The van der Waals surface area contributed by atoms with Gasteiger partial charge in [-0.25, -0.2) is 13.5 Å². The van der Waals surface area contributed by atoms with Crippen LogP contribution < -0.4 is 5.56 Å². The maximum atomic E-state index is 12.4. The molecule has 19 heavy (non-hydrogen) atoms. The molecule has 0 aliphatic heterocycles. The predicted molar refractivity (Wildman–Crippen MR) is 68.6 cm³/mol. The van der Waals surface area contributed by atoms with E-state index < -0.39 is 15.4 Å². The number of rotatable bonds is 2. The summed E-state index contributed by atoms with van der Waals surface area (Å²) in [6.07, 6.45) is 1.42. The van der Waals surface area contributed by atoms with Gasteiger partial charge in [-0.3, -0.25) is 4.79 Å². The van der Waals surface area contributed by atoms with Gasteiger partial charge in [0.25, 0.3) is 5.56 Å². The zero-order valence-electron chi connectivity index (χ0n) is 9.62. The molecule has 0 fully saturated rings. The molecule has 0 bridgehead atoms. The second-order valence-electron chi connectivity index (χ2n) is 3.96. The molecule has 6 nitrogen and oxygen atoms in total. The van der Waals surface area contributed by atoms with Crippen LogP contribution in [-0.2, 0) is 9.84 Å². The van der Waals surface area contributed by atoms with Crippen molar-refractivity contribution in [2.75, 3.05) is 0 Å². The molecule has 96 valence electrons. The number of benzene rings is 1. The maximum absolute atomic E-state index is 12.4. The van der Waals surface area contributed by atoms with Gasteiger partial charge in [-0.05, 0) is 12.1 Å². The molecule has 0 spiro atoms. The average Bonchev–Trinajstić information content (AvgIpc) is 2.83. The van der Waals surface area contributed by atoms with Gasteiger partial charge >= 0.3 is 0 Å². The Kier molecular flexibility index (Phi) is 2.49. The second-order valence-corrected chi connectivity index (χ2v) is 5.83. The predicted octanol–water partition coefficient (Wildman–Crippen LogP) is 1.08. The van der Waals surface area contributed by atoms with Crippen molar-refractivity contribution in [3.05, 3.63) is 52.9 Å². The number of fused-ring (bicyclic) bond motifs is 1. The summed E-state index contributed by atoms with van der Waals surface area (Å²) in [4.78, 5) is 14.0. The van der Waals surface area contributed by atoms with Crippen LogP contribution in [0.25, 0.3) is 10.9 Å². The molecule has 1 aromatic carbocycles. The molecule has 0 saturated carbocycles. The molecule has 0 radical (unpaired) electrons. The van der Waals surface area contributed by atoms with Gasteiger partial charge in [0.2, 0.25) is 9.84 Å². The van der Waals surface area contributed by atoms with Gasteiger partial charge in [-0.1, -0.05) is 18.2 Å². The van der Waals surface area contributed by atoms with Gasteiger partial charge in [0.15, 0.2) is 5.03 Å². The van der Waals surface area contributed by atoms with Crippen LogP contribution in [0.1, 0.15) is 0 Å². The van der Waals surface area contributed by atoms with Crippen LogP contribution in [0.15, 0.2) is 57.3 Å². The van der Waals surface area contributed by atoms with E-state index in [2.05, 4.69) is 15.2 Å². The molecule has 0 unspecified atom stereocenters. The Labute approximate surface area is 108 Å². The van der Waals surface area contributed by atoms with Crippen LogP contribution in [0.3, 0.4) is 0 Å². The average molecular weight is 275 g/mol. The third-order valence-corrected chi connectivity index (χ3v) is 4.46. The molecule has 2 aromatic heterocycles. The summed E-state index contributed by atoms with van der Waals surface area (Å²) in [6, 6.07) is 9.40. The van der Waals surface area contributed by atoms with Crippen molar-refractivity contribution in [2.24, 2.45) is 0 Å². The largest absolute Gasteiger partial charge is 0.360 e. The quantitative estimate of drug-likeness (QED) is 0.731. The smallest absolute Gasteiger partial charge is 0.264 e. The number of hydrogen-bond acceptors (Lipinski definition) is 4. The number of aromatic nitrogens is 3. The SMILES string of the molecule is O=c1ccc(S(=O)(=O)c2c[nH]c3ccccc23)n[nH]1. The number of hydrogen-bond donors (Lipinski definition) is 2. The van der Waals surface area contributed by atoms with Crippen LogP contribution in [-0.4, -0.2) is 23.6 Å². The molecule has 0 aliphatic carbocycles. The number of nitrogens with zero attached hydrogens (tertiary/aromatic N) is 1. The van der Waals surface area contributed by atoms with E-state index in [4.69, 9.17) is 0 Å². The summed E-state index contributed by atoms with van der Waals surface area (Å²) in [6.45, 7) is 0. The molecule has 7 heteroatoms. The zero-order chi connectivity index (χ0) is 13.5. The Bertz CT molecular complexity index is 889. The number of sulfone groups is 1. The van der Waals surface area contributed by atoms with Crippen molar-refractivity contribution in [1.29, 1.82) is 0 Å². The molecule has 2 heterocycles. The fourth-order valence-electron chi connectivity index (χ4n) is 1.86. The third kappa shape index (κ3) is 1.84. The lowest BCUT2D eigenvalue weighted by Gasteiger charge is -2.01. The van der Waals surface area contributed by atoms with Gasteiger partial charge in [0.1, 0.15) is 0 Å². The first-order chi connectivity index (χ1) is 9.09. The molecule has 0 saturated heterocycles. The van der Waals surface area contributed by atoms with E-state index in [9.17, 15) is 13.2 Å². The van der Waals surface area contributed by atoms with Gasteiger partial charge in [-0.2, -0.15) is 5.10 Å². The summed E-state index contributed by atoms with van der Waals surface area (Å²) in [5, 5.41) is 6.10. The topological polar surface area (TPSA) is 95.7 Å². The van der Waals surface area contributed by atoms with Gasteiger partial charge in [0.05, 0.1) is 4.90 Å². The van der Waals surface area contributed by atoms with Crippen LogP contribution in [0.4, 0.5) is 0 Å². The minimum Gasteiger partial charge on any atom is -0.360 e. The van der Waals surface area contributed by atoms with Crippen molar-refractivity contribution in [3.63, 3.8) is 0 Å². The summed E-state index contributed by atoms with van der Waals surface area (Å²) >= 11 is 0. The van der Waals surface area contributed by atoms with E-state index in [1.54, 1.807) is 18.2 Å².